The first-order chi connectivity index (χ1) is 17.7. The van der Waals surface area contributed by atoms with Gasteiger partial charge in [0.2, 0.25) is 0 Å². The summed E-state index contributed by atoms with van der Waals surface area (Å²) in [5, 5.41) is 0. The van der Waals surface area contributed by atoms with Crippen molar-refractivity contribution in [2.24, 2.45) is 0 Å². The average Bonchev–Trinajstić information content (AvgIpc) is 2.80. The van der Waals surface area contributed by atoms with Crippen LogP contribution >= 0.6 is 0 Å². The first kappa shape index (κ1) is 35.0. The lowest BCUT2D eigenvalue weighted by Crippen LogP contribution is -2.66. The highest BCUT2D eigenvalue weighted by Gasteiger charge is 2.39. The summed E-state index contributed by atoms with van der Waals surface area (Å²) in [5.74, 6) is 3.05. The minimum atomic E-state index is -3.95. The molecule has 1 saturated heterocycles. The van der Waals surface area contributed by atoms with Crippen molar-refractivity contribution in [1.82, 2.24) is 0 Å². The van der Waals surface area contributed by atoms with Crippen LogP contribution in [-0.2, 0) is 29.5 Å². The molecule has 1 fully saturated rings. The molecule has 0 aromatic rings. The molecule has 11 heteroatoms. The third-order valence-corrected chi connectivity index (χ3v) is 9.51. The van der Waals surface area contributed by atoms with Crippen molar-refractivity contribution in [2.75, 3.05) is 71.0 Å². The maximum absolute atomic E-state index is 11.5. The van der Waals surface area contributed by atoms with Gasteiger partial charge in [0.05, 0.1) is 48.8 Å². The quantitative estimate of drug-likeness (QED) is 0.0529. The minimum absolute atomic E-state index is 0.191. The molecule has 0 bridgehead atoms. The van der Waals surface area contributed by atoms with Crippen LogP contribution in [0.1, 0.15) is 77.6 Å². The molecule has 1 unspecified atom stereocenters. The first-order valence-electron chi connectivity index (χ1n) is 14.2. The first-order valence-corrected chi connectivity index (χ1v) is 17.7. The van der Waals surface area contributed by atoms with Gasteiger partial charge in [0.1, 0.15) is 26.2 Å². The van der Waals surface area contributed by atoms with Crippen LogP contribution < -0.4 is 0 Å². The van der Waals surface area contributed by atoms with E-state index in [0.29, 0.717) is 25.0 Å². The number of hydrogen-bond donors (Lipinski definition) is 2. The number of rotatable bonds is 21. The molecule has 0 aromatic carbocycles. The zero-order valence-electron chi connectivity index (χ0n) is 23.9. The zero-order chi connectivity index (χ0) is 28.7. The van der Waals surface area contributed by atoms with Crippen LogP contribution in [0.3, 0.4) is 0 Å². The standard InChI is InChI=1S/C27H52N2O7S2/c1-26(2)27(30)36-23-13-11-9-7-5-6-8-10-12-17-29(18-15-25-38(33,34)35)21-19-28(3,20-22-29)16-14-24-37(4,31)32/h1,4-25H2,2-3H3/p+2. The summed E-state index contributed by atoms with van der Waals surface area (Å²) in [7, 11) is -4.70. The second kappa shape index (κ2) is 17.0. The van der Waals surface area contributed by atoms with Gasteiger partial charge < -0.3 is 18.3 Å². The van der Waals surface area contributed by atoms with E-state index in [4.69, 9.17) is 4.74 Å². The number of esters is 1. The van der Waals surface area contributed by atoms with E-state index in [-0.39, 0.29) is 17.5 Å². The molecular weight excluding hydrogens is 528 g/mol. The summed E-state index contributed by atoms with van der Waals surface area (Å²) >= 11 is 0. The summed E-state index contributed by atoms with van der Waals surface area (Å²) in [6.45, 7) is 12.2. The van der Waals surface area contributed by atoms with Gasteiger partial charge >= 0.3 is 5.97 Å². The van der Waals surface area contributed by atoms with Gasteiger partial charge in [-0.2, -0.15) is 8.42 Å². The second-order valence-electron chi connectivity index (χ2n) is 11.6. The number of nitrogens with zero attached hydrogens (tertiary/aromatic N) is 2. The average molecular weight is 583 g/mol. The summed E-state index contributed by atoms with van der Waals surface area (Å²) in [6, 6.07) is 0. The molecule has 224 valence electrons. The van der Waals surface area contributed by atoms with Gasteiger partial charge in [0.25, 0.3) is 10.1 Å². The minimum Gasteiger partial charge on any atom is -0.462 e. The van der Waals surface area contributed by atoms with E-state index in [1.807, 2.05) is 0 Å². The van der Waals surface area contributed by atoms with Crippen molar-refractivity contribution >= 4 is 31.8 Å². The van der Waals surface area contributed by atoms with E-state index in [0.717, 1.165) is 86.9 Å². The Morgan fingerprint density at radius 1 is 0.763 bits per heavy atom. The fraction of sp³-hybridized carbons (Fsp3) is 0.852. The highest BCUT2D eigenvalue weighted by atomic mass is 32.2. The molecular formula is C27H54N2O7S2+2. The molecule has 1 atom stereocenters. The summed E-state index contributed by atoms with van der Waals surface area (Å²) in [6.07, 6.45) is 11.3. The van der Waals surface area contributed by atoms with Crippen LogP contribution in [0.25, 0.3) is 0 Å². The summed E-state index contributed by atoms with van der Waals surface area (Å²) in [5.41, 5.74) is 0.441. The zero-order valence-corrected chi connectivity index (χ0v) is 25.5. The number of piperazine rings is 1. The highest BCUT2D eigenvalue weighted by Crippen LogP contribution is 2.22. The van der Waals surface area contributed by atoms with Crippen LogP contribution in [-0.4, -0.2) is 114 Å². The third-order valence-electron chi connectivity index (χ3n) is 7.78. The maximum Gasteiger partial charge on any atom is 0.333 e. The van der Waals surface area contributed by atoms with Gasteiger partial charge in [-0.05, 0) is 32.1 Å². The number of likely N-dealkylation sites (N-methyl/N-ethyl adjacent to an activating group) is 1. The van der Waals surface area contributed by atoms with Gasteiger partial charge in [-0.1, -0.05) is 45.1 Å². The Balaban J connectivity index is 2.33. The van der Waals surface area contributed by atoms with Crippen LogP contribution in [0.5, 0.6) is 0 Å². The normalized spacial score (nSPS) is 23.6. The Kier molecular flexibility index (Phi) is 15.7. The molecule has 38 heavy (non-hydrogen) atoms. The van der Waals surface area contributed by atoms with Crippen LogP contribution in [0.15, 0.2) is 12.2 Å². The Bertz CT molecular complexity index is 925. The smallest absolute Gasteiger partial charge is 0.333 e. The number of hydrogen-bond acceptors (Lipinski definition) is 5. The molecule has 1 aliphatic heterocycles. The van der Waals surface area contributed by atoms with Crippen LogP contribution in [0.2, 0.25) is 0 Å². The third kappa shape index (κ3) is 16.9. The Morgan fingerprint density at radius 3 is 1.74 bits per heavy atom. The van der Waals surface area contributed by atoms with Crippen LogP contribution in [0.4, 0.5) is 0 Å². The lowest BCUT2D eigenvalue weighted by molar-refractivity contribution is -1.02. The van der Waals surface area contributed by atoms with Gasteiger partial charge in [0.15, 0.2) is 0 Å². The number of unbranched alkanes of at least 4 members (excludes halogenated alkanes) is 8. The molecule has 0 saturated carbocycles. The lowest BCUT2D eigenvalue weighted by Gasteiger charge is -2.48. The highest BCUT2D eigenvalue weighted by molar-refractivity contribution is 7.95. The Hall–Kier alpha value is -0.980. The SMILES string of the molecule is C=C(C)C(=O)OCCCCCCCCCCC[N+]1(CCCS(=O)(=O)O)CC[N+](C)(CCCS(=C)(=O)O)CC1. The predicted molar refractivity (Wildman–Crippen MR) is 156 cm³/mol. The van der Waals surface area contributed by atoms with Gasteiger partial charge in [0, 0.05) is 24.2 Å². The Labute approximate surface area is 232 Å². The molecule has 0 aliphatic carbocycles. The largest absolute Gasteiger partial charge is 0.462 e. The fourth-order valence-electron chi connectivity index (χ4n) is 5.24. The topological polar surface area (TPSA) is 118 Å². The molecule has 0 amide bonds. The van der Waals surface area contributed by atoms with Crippen molar-refractivity contribution in [3.05, 3.63) is 12.2 Å². The van der Waals surface area contributed by atoms with Crippen molar-refractivity contribution in [3.63, 3.8) is 0 Å². The number of quaternary nitrogens is 2. The van der Waals surface area contributed by atoms with Gasteiger partial charge in [-0.15, -0.1) is 0 Å². The molecule has 1 heterocycles. The molecule has 9 nitrogen and oxygen atoms in total. The van der Waals surface area contributed by atoms with Gasteiger partial charge in [-0.25, -0.2) is 9.00 Å². The van der Waals surface area contributed by atoms with E-state index in [2.05, 4.69) is 19.5 Å². The monoisotopic (exact) mass is 582 g/mol. The predicted octanol–water partition coefficient (Wildman–Crippen LogP) is 3.75. The van der Waals surface area contributed by atoms with E-state index in [1.54, 1.807) is 6.92 Å². The fourth-order valence-corrected chi connectivity index (χ4v) is 6.32. The lowest BCUT2D eigenvalue weighted by atomic mass is 10.1. The van der Waals surface area contributed by atoms with E-state index in [1.165, 1.54) is 25.7 Å². The number of ether oxygens (including phenoxy) is 1. The molecule has 0 spiro atoms. The summed E-state index contributed by atoms with van der Waals surface area (Å²) < 4.78 is 59.5. The van der Waals surface area contributed by atoms with Crippen LogP contribution in [0, 0.1) is 0 Å². The van der Waals surface area contributed by atoms with Gasteiger partial charge in [-0.3, -0.25) is 4.55 Å². The molecule has 0 aromatic heterocycles. The molecule has 1 aliphatic rings. The molecule has 1 rings (SSSR count). The van der Waals surface area contributed by atoms with E-state index < -0.39 is 19.9 Å². The van der Waals surface area contributed by atoms with E-state index in [9.17, 15) is 26.5 Å². The van der Waals surface area contributed by atoms with Crippen molar-refractivity contribution in [1.29, 1.82) is 0 Å². The van der Waals surface area contributed by atoms with E-state index >= 15 is 0 Å². The van der Waals surface area contributed by atoms with Crippen molar-refractivity contribution in [2.45, 2.75) is 77.6 Å². The number of carbonyl (C=O) groups is 1. The summed E-state index contributed by atoms with van der Waals surface area (Å²) in [4.78, 5) is 11.3. The Morgan fingerprint density at radius 2 is 1.24 bits per heavy atom. The second-order valence-corrected chi connectivity index (χ2v) is 15.1. The molecule has 0 radical (unpaired) electrons. The number of carbonyl (C=O) groups excluding carboxylic acids is 1. The van der Waals surface area contributed by atoms with Crippen molar-refractivity contribution < 1.29 is 40.2 Å². The molecule has 2 N–H and O–H groups in total. The maximum atomic E-state index is 11.5. The van der Waals surface area contributed by atoms with Crippen molar-refractivity contribution in [3.8, 4) is 0 Å².